The molecule has 2 aromatic carbocycles. The highest BCUT2D eigenvalue weighted by Gasteiger charge is 2.31. The molecular weight excluding hydrogens is 336 g/mol. The molecule has 0 aliphatic carbocycles. The number of nitrogens with two attached hydrogens (primary N) is 1. The maximum Gasteiger partial charge on any atom is 0.327 e. The van der Waals surface area contributed by atoms with Gasteiger partial charge in [0.05, 0.1) is 10.2 Å². The van der Waals surface area contributed by atoms with E-state index >= 15 is 0 Å². The number of nitrogens with zero attached hydrogens (tertiary/aromatic N) is 1. The summed E-state index contributed by atoms with van der Waals surface area (Å²) >= 11 is 1.45. The zero-order valence-electron chi connectivity index (χ0n) is 11.7. The standard InChI is InChI=1S/C15H12N2O4S2/c16-23(20,21)13(15(18)19)9-4-3-5-10(8-9)14-17-11-6-1-2-7-12(11)22-14/h1-8,13H,(H,18,19)(H2,16,20,21). The highest BCUT2D eigenvalue weighted by molar-refractivity contribution is 7.90. The minimum absolute atomic E-state index is 0.108. The second kappa shape index (κ2) is 5.73. The molecule has 3 N–H and O–H groups in total. The van der Waals surface area contributed by atoms with Crippen LogP contribution in [0, 0.1) is 0 Å². The number of carboxylic acids is 1. The predicted molar refractivity (Wildman–Crippen MR) is 88.5 cm³/mol. The minimum Gasteiger partial charge on any atom is -0.480 e. The van der Waals surface area contributed by atoms with Crippen LogP contribution >= 0.6 is 11.3 Å². The Balaban J connectivity index is 2.10. The number of carboxylic acid groups (broad SMARTS) is 1. The van der Waals surface area contributed by atoms with E-state index in [2.05, 4.69) is 4.98 Å². The van der Waals surface area contributed by atoms with Gasteiger partial charge in [-0.05, 0) is 23.8 Å². The fourth-order valence-electron chi connectivity index (χ4n) is 2.30. The predicted octanol–water partition coefficient (Wildman–Crippen LogP) is 2.38. The van der Waals surface area contributed by atoms with Crippen LogP contribution in [0.2, 0.25) is 0 Å². The topological polar surface area (TPSA) is 110 Å². The number of carbonyl (C=O) groups is 1. The number of thiazole rings is 1. The van der Waals surface area contributed by atoms with Crippen LogP contribution in [0.5, 0.6) is 0 Å². The van der Waals surface area contributed by atoms with Gasteiger partial charge in [0.2, 0.25) is 10.0 Å². The van der Waals surface area contributed by atoms with Gasteiger partial charge in [-0.25, -0.2) is 18.5 Å². The van der Waals surface area contributed by atoms with Gasteiger partial charge in [-0.3, -0.25) is 4.79 Å². The number of rotatable bonds is 4. The number of fused-ring (bicyclic) bond motifs is 1. The maximum atomic E-state index is 11.5. The highest BCUT2D eigenvalue weighted by atomic mass is 32.2. The Labute approximate surface area is 136 Å². The third-order valence-electron chi connectivity index (χ3n) is 3.28. The fraction of sp³-hybridized carbons (Fsp3) is 0.0667. The van der Waals surface area contributed by atoms with E-state index in [0.29, 0.717) is 10.6 Å². The maximum absolute atomic E-state index is 11.5. The van der Waals surface area contributed by atoms with E-state index in [1.54, 1.807) is 12.1 Å². The SMILES string of the molecule is NS(=O)(=O)C(C(=O)O)c1cccc(-c2nc3ccccc3s2)c1. The monoisotopic (exact) mass is 348 g/mol. The summed E-state index contributed by atoms with van der Waals surface area (Å²) in [5, 5.41) is 13.1. The van der Waals surface area contributed by atoms with E-state index in [0.717, 1.165) is 10.2 Å². The number of para-hydroxylation sites is 1. The average molecular weight is 348 g/mol. The first-order chi connectivity index (χ1) is 10.9. The second-order valence-corrected chi connectivity index (χ2v) is 7.60. The van der Waals surface area contributed by atoms with Crippen LogP contribution in [0.15, 0.2) is 48.5 Å². The van der Waals surface area contributed by atoms with Crippen molar-refractivity contribution in [2.24, 2.45) is 5.14 Å². The van der Waals surface area contributed by atoms with Crippen LogP contribution in [0.3, 0.4) is 0 Å². The Morgan fingerprint density at radius 3 is 2.57 bits per heavy atom. The third kappa shape index (κ3) is 3.09. The molecule has 3 aromatic rings. The van der Waals surface area contributed by atoms with Crippen LogP contribution in [0.4, 0.5) is 0 Å². The summed E-state index contributed by atoms with van der Waals surface area (Å²) < 4.78 is 24.1. The molecule has 8 heteroatoms. The summed E-state index contributed by atoms with van der Waals surface area (Å²) in [6.45, 7) is 0. The van der Waals surface area contributed by atoms with Gasteiger partial charge in [-0.15, -0.1) is 11.3 Å². The number of benzene rings is 2. The van der Waals surface area contributed by atoms with Crippen molar-refractivity contribution in [1.82, 2.24) is 4.98 Å². The lowest BCUT2D eigenvalue weighted by Gasteiger charge is -2.11. The number of aliphatic carboxylic acids is 1. The Kier molecular flexibility index (Phi) is 3.88. The van der Waals surface area contributed by atoms with Crippen LogP contribution in [0.1, 0.15) is 10.8 Å². The molecule has 0 amide bonds. The molecule has 0 fully saturated rings. The Morgan fingerprint density at radius 1 is 1.17 bits per heavy atom. The first kappa shape index (κ1) is 15.6. The molecule has 1 unspecified atom stereocenters. The largest absolute Gasteiger partial charge is 0.480 e. The molecule has 0 bridgehead atoms. The third-order valence-corrected chi connectivity index (χ3v) is 5.50. The van der Waals surface area contributed by atoms with E-state index in [-0.39, 0.29) is 5.56 Å². The zero-order chi connectivity index (χ0) is 16.6. The van der Waals surface area contributed by atoms with Crippen molar-refractivity contribution >= 4 is 37.5 Å². The van der Waals surface area contributed by atoms with Crippen molar-refractivity contribution in [2.75, 3.05) is 0 Å². The number of sulfonamides is 1. The summed E-state index contributed by atoms with van der Waals surface area (Å²) in [5.74, 6) is -1.51. The second-order valence-electron chi connectivity index (χ2n) is 4.92. The van der Waals surface area contributed by atoms with Crippen molar-refractivity contribution in [3.05, 3.63) is 54.1 Å². The zero-order valence-corrected chi connectivity index (χ0v) is 13.3. The molecule has 6 nitrogen and oxygen atoms in total. The average Bonchev–Trinajstić information content (AvgIpc) is 2.89. The lowest BCUT2D eigenvalue weighted by Crippen LogP contribution is -2.28. The van der Waals surface area contributed by atoms with E-state index in [9.17, 15) is 13.2 Å². The molecule has 0 radical (unpaired) electrons. The first-order valence-electron chi connectivity index (χ1n) is 6.56. The fourth-order valence-corrected chi connectivity index (χ4v) is 4.07. The Hall–Kier alpha value is -2.29. The van der Waals surface area contributed by atoms with Gasteiger partial charge < -0.3 is 5.11 Å². The summed E-state index contributed by atoms with van der Waals surface area (Å²) in [5.41, 5.74) is 1.59. The molecular formula is C15H12N2O4S2. The van der Waals surface area contributed by atoms with Crippen LogP contribution in [-0.4, -0.2) is 24.5 Å². The number of hydrogen-bond acceptors (Lipinski definition) is 5. The van der Waals surface area contributed by atoms with Crippen LogP contribution < -0.4 is 5.14 Å². The number of primary sulfonamides is 1. The first-order valence-corrected chi connectivity index (χ1v) is 8.99. The molecule has 118 valence electrons. The molecule has 1 heterocycles. The normalized spacial score (nSPS) is 13.1. The minimum atomic E-state index is -4.26. The summed E-state index contributed by atoms with van der Waals surface area (Å²) in [4.78, 5) is 15.7. The quantitative estimate of drug-likeness (QED) is 0.752. The molecule has 23 heavy (non-hydrogen) atoms. The number of hydrogen-bond donors (Lipinski definition) is 2. The van der Waals surface area contributed by atoms with Gasteiger partial charge in [0, 0.05) is 5.56 Å². The van der Waals surface area contributed by atoms with E-state index in [1.165, 1.54) is 23.5 Å². The molecule has 0 saturated carbocycles. The summed E-state index contributed by atoms with van der Waals surface area (Å²) in [6, 6.07) is 13.9. The van der Waals surface area contributed by atoms with Gasteiger partial charge in [0.1, 0.15) is 5.01 Å². The van der Waals surface area contributed by atoms with Crippen molar-refractivity contribution in [2.45, 2.75) is 5.25 Å². The van der Waals surface area contributed by atoms with Gasteiger partial charge in [0.25, 0.3) is 0 Å². The molecule has 0 spiro atoms. The van der Waals surface area contributed by atoms with E-state index in [4.69, 9.17) is 10.2 Å². The van der Waals surface area contributed by atoms with Crippen molar-refractivity contribution in [1.29, 1.82) is 0 Å². The van der Waals surface area contributed by atoms with Crippen molar-refractivity contribution in [3.63, 3.8) is 0 Å². The molecule has 0 saturated heterocycles. The smallest absolute Gasteiger partial charge is 0.327 e. The molecule has 0 aliphatic rings. The lowest BCUT2D eigenvalue weighted by molar-refractivity contribution is -0.136. The van der Waals surface area contributed by atoms with Gasteiger partial charge in [-0.1, -0.05) is 30.3 Å². The van der Waals surface area contributed by atoms with Crippen LogP contribution in [-0.2, 0) is 14.8 Å². The van der Waals surface area contributed by atoms with Crippen molar-refractivity contribution < 1.29 is 18.3 Å². The Bertz CT molecular complexity index is 962. The molecule has 1 atom stereocenters. The lowest BCUT2D eigenvalue weighted by atomic mass is 10.1. The van der Waals surface area contributed by atoms with Crippen LogP contribution in [0.25, 0.3) is 20.8 Å². The molecule has 0 aliphatic heterocycles. The van der Waals surface area contributed by atoms with E-state index in [1.807, 2.05) is 24.3 Å². The van der Waals surface area contributed by atoms with Gasteiger partial charge >= 0.3 is 5.97 Å². The summed E-state index contributed by atoms with van der Waals surface area (Å²) in [6.07, 6.45) is 0. The highest BCUT2D eigenvalue weighted by Crippen LogP contribution is 2.32. The van der Waals surface area contributed by atoms with Gasteiger partial charge in [0.15, 0.2) is 5.25 Å². The molecule has 1 aromatic heterocycles. The van der Waals surface area contributed by atoms with E-state index < -0.39 is 21.2 Å². The van der Waals surface area contributed by atoms with Gasteiger partial charge in [-0.2, -0.15) is 0 Å². The molecule has 3 rings (SSSR count). The summed E-state index contributed by atoms with van der Waals surface area (Å²) in [7, 11) is -4.26. The Morgan fingerprint density at radius 2 is 1.91 bits per heavy atom. The van der Waals surface area contributed by atoms with Crippen molar-refractivity contribution in [3.8, 4) is 10.6 Å². The number of aromatic nitrogens is 1.